The van der Waals surface area contributed by atoms with Crippen molar-refractivity contribution in [3.05, 3.63) is 53.1 Å². The van der Waals surface area contributed by atoms with Crippen molar-refractivity contribution in [2.24, 2.45) is 0 Å². The molecule has 0 bridgehead atoms. The van der Waals surface area contributed by atoms with Crippen LogP contribution in [-0.4, -0.2) is 40.4 Å². The number of carbonyl (C=O) groups is 1. The molecule has 0 radical (unpaired) electrons. The number of carboxylic acids is 1. The molecule has 2 aromatic carbocycles. The van der Waals surface area contributed by atoms with E-state index >= 15 is 0 Å². The lowest BCUT2D eigenvalue weighted by Gasteiger charge is -2.35. The molecule has 29 heavy (non-hydrogen) atoms. The van der Waals surface area contributed by atoms with E-state index in [0.717, 1.165) is 36.6 Å². The van der Waals surface area contributed by atoms with E-state index in [2.05, 4.69) is 5.32 Å². The van der Waals surface area contributed by atoms with Crippen LogP contribution in [0.25, 0.3) is 0 Å². The normalized spacial score (nSPS) is 20.0. The molecule has 4 rings (SSSR count). The van der Waals surface area contributed by atoms with Crippen molar-refractivity contribution < 1.29 is 26.7 Å². The smallest absolute Gasteiger partial charge is 0.335 e. The van der Waals surface area contributed by atoms with Crippen LogP contribution in [0.4, 0.5) is 5.69 Å². The van der Waals surface area contributed by atoms with E-state index in [1.54, 1.807) is 12.1 Å². The van der Waals surface area contributed by atoms with Crippen LogP contribution in [0.5, 0.6) is 0 Å². The zero-order chi connectivity index (χ0) is 21.2. The van der Waals surface area contributed by atoms with Crippen LogP contribution >= 0.6 is 0 Å². The Hall–Kier alpha value is -2.39. The van der Waals surface area contributed by atoms with Crippen molar-refractivity contribution in [1.29, 1.82) is 0 Å². The summed E-state index contributed by atoms with van der Waals surface area (Å²) >= 11 is 0. The predicted octanol–water partition coefficient (Wildman–Crippen LogP) is 2.78. The highest BCUT2D eigenvalue weighted by Gasteiger charge is 2.50. The van der Waals surface area contributed by atoms with E-state index in [1.165, 1.54) is 24.3 Å². The highest BCUT2D eigenvalue weighted by molar-refractivity contribution is 7.91. The Labute approximate surface area is 169 Å². The van der Waals surface area contributed by atoms with Gasteiger partial charge in [-0.05, 0) is 72.2 Å². The van der Waals surface area contributed by atoms with E-state index in [9.17, 15) is 26.7 Å². The summed E-state index contributed by atoms with van der Waals surface area (Å²) in [6.07, 6.45) is 4.52. The van der Waals surface area contributed by atoms with Gasteiger partial charge in [-0.2, -0.15) is 0 Å². The Bertz CT molecular complexity index is 1240. The molecule has 154 valence electrons. The van der Waals surface area contributed by atoms with Crippen molar-refractivity contribution in [1.82, 2.24) is 0 Å². The summed E-state index contributed by atoms with van der Waals surface area (Å²) in [5.41, 5.74) is 2.11. The average molecular weight is 436 g/mol. The van der Waals surface area contributed by atoms with Crippen molar-refractivity contribution >= 4 is 31.3 Å². The van der Waals surface area contributed by atoms with Crippen molar-refractivity contribution in [2.45, 2.75) is 40.5 Å². The van der Waals surface area contributed by atoms with Crippen molar-refractivity contribution in [3.8, 4) is 0 Å². The topological polar surface area (TPSA) is 118 Å². The molecule has 0 aromatic heterocycles. The lowest BCUT2D eigenvalue weighted by Crippen LogP contribution is -2.27. The van der Waals surface area contributed by atoms with Gasteiger partial charge in [0.05, 0.1) is 21.4 Å². The Morgan fingerprint density at radius 2 is 1.72 bits per heavy atom. The van der Waals surface area contributed by atoms with Gasteiger partial charge in [-0.15, -0.1) is 0 Å². The highest BCUT2D eigenvalue weighted by atomic mass is 32.2. The van der Waals surface area contributed by atoms with E-state index < -0.39 is 31.7 Å². The van der Waals surface area contributed by atoms with Crippen LogP contribution in [0.3, 0.4) is 0 Å². The van der Waals surface area contributed by atoms with Gasteiger partial charge in [0.2, 0.25) is 0 Å². The van der Waals surface area contributed by atoms with Gasteiger partial charge >= 0.3 is 5.97 Å². The molecule has 1 fully saturated rings. The summed E-state index contributed by atoms with van der Waals surface area (Å²) in [5.74, 6) is -0.995. The average Bonchev–Trinajstić information content (AvgIpc) is 3.39. The van der Waals surface area contributed by atoms with E-state index in [-0.39, 0.29) is 20.8 Å². The maximum Gasteiger partial charge on any atom is 0.335 e. The standard InChI is InChI=1S/C20H21NO6S2/c1-28(24,25)13-4-6-18(29(2,26)27)14(10-13)17-11-20(7-8-20)15-9-12(19(22)23)3-5-16(15)21-17/h3-6,9-10,17,21H,7-8,11H2,1-2H3,(H,22,23). The molecule has 1 spiro atoms. The van der Waals surface area contributed by atoms with Gasteiger partial charge in [0, 0.05) is 18.2 Å². The molecule has 7 nitrogen and oxygen atoms in total. The molecule has 2 aliphatic rings. The lowest BCUT2D eigenvalue weighted by molar-refractivity contribution is 0.0696. The summed E-state index contributed by atoms with van der Waals surface area (Å²) in [6.45, 7) is 0. The predicted molar refractivity (Wildman–Crippen MR) is 108 cm³/mol. The number of fused-ring (bicyclic) bond motifs is 2. The van der Waals surface area contributed by atoms with Crippen LogP contribution < -0.4 is 5.32 Å². The number of anilines is 1. The summed E-state index contributed by atoms with van der Waals surface area (Å²) in [5, 5.41) is 12.6. The lowest BCUT2D eigenvalue weighted by atomic mass is 9.81. The second-order valence-electron chi connectivity index (χ2n) is 7.99. The maximum absolute atomic E-state index is 12.4. The second kappa shape index (κ2) is 6.30. The first-order valence-electron chi connectivity index (χ1n) is 9.09. The minimum Gasteiger partial charge on any atom is -0.478 e. The number of nitrogens with one attached hydrogen (secondary N) is 1. The Morgan fingerprint density at radius 1 is 1.03 bits per heavy atom. The number of rotatable bonds is 4. The Morgan fingerprint density at radius 3 is 2.28 bits per heavy atom. The molecule has 1 unspecified atom stereocenters. The number of hydrogen-bond donors (Lipinski definition) is 2. The fourth-order valence-corrected chi connectivity index (χ4v) is 5.76. The van der Waals surface area contributed by atoms with Crippen LogP contribution in [0.1, 0.15) is 46.8 Å². The Kier molecular flexibility index (Phi) is 4.33. The van der Waals surface area contributed by atoms with Gasteiger partial charge in [0.25, 0.3) is 0 Å². The minimum absolute atomic E-state index is 0.0681. The molecule has 2 aromatic rings. The van der Waals surface area contributed by atoms with E-state index in [4.69, 9.17) is 0 Å². The van der Waals surface area contributed by atoms with Crippen LogP contribution in [0.2, 0.25) is 0 Å². The third-order valence-corrected chi connectivity index (χ3v) is 8.08. The van der Waals surface area contributed by atoms with Crippen LogP contribution in [0.15, 0.2) is 46.2 Å². The molecular formula is C20H21NO6S2. The maximum atomic E-state index is 12.4. The summed E-state index contributed by atoms with van der Waals surface area (Å²) < 4.78 is 48.8. The zero-order valence-corrected chi connectivity index (χ0v) is 17.6. The molecule has 1 saturated carbocycles. The third-order valence-electron chi connectivity index (χ3n) is 5.80. The second-order valence-corrected chi connectivity index (χ2v) is 12.0. The summed E-state index contributed by atoms with van der Waals surface area (Å²) in [4.78, 5) is 11.5. The molecule has 2 N–H and O–H groups in total. The van der Waals surface area contributed by atoms with Gasteiger partial charge in [-0.1, -0.05) is 0 Å². The highest BCUT2D eigenvalue weighted by Crippen LogP contribution is 2.59. The first-order valence-corrected chi connectivity index (χ1v) is 12.9. The van der Waals surface area contributed by atoms with Gasteiger partial charge in [0.15, 0.2) is 19.7 Å². The molecule has 1 aliphatic carbocycles. The number of hydrogen-bond acceptors (Lipinski definition) is 6. The summed E-state index contributed by atoms with van der Waals surface area (Å²) in [6, 6.07) is 8.60. The molecular weight excluding hydrogens is 414 g/mol. The van der Waals surface area contributed by atoms with E-state index in [1.807, 2.05) is 0 Å². The van der Waals surface area contributed by atoms with Crippen molar-refractivity contribution in [3.63, 3.8) is 0 Å². The molecule has 1 heterocycles. The molecule has 1 aliphatic heterocycles. The minimum atomic E-state index is -3.57. The number of aromatic carboxylic acids is 1. The van der Waals surface area contributed by atoms with Gasteiger partial charge in [-0.3, -0.25) is 0 Å². The first kappa shape index (κ1) is 19.9. The first-order chi connectivity index (χ1) is 13.4. The quantitative estimate of drug-likeness (QED) is 0.758. The largest absolute Gasteiger partial charge is 0.478 e. The fourth-order valence-electron chi connectivity index (χ4n) is 4.16. The van der Waals surface area contributed by atoms with Gasteiger partial charge < -0.3 is 10.4 Å². The van der Waals surface area contributed by atoms with Gasteiger partial charge in [-0.25, -0.2) is 21.6 Å². The van der Waals surface area contributed by atoms with Crippen LogP contribution in [0, 0.1) is 0 Å². The third kappa shape index (κ3) is 3.53. The summed E-state index contributed by atoms with van der Waals surface area (Å²) in [7, 11) is -7.07. The van der Waals surface area contributed by atoms with Crippen LogP contribution in [-0.2, 0) is 25.1 Å². The Balaban J connectivity index is 1.85. The monoisotopic (exact) mass is 435 g/mol. The SMILES string of the molecule is CS(=O)(=O)c1ccc(S(C)(=O)=O)c(C2CC3(CC3)c3cc(C(=O)O)ccc3N2)c1. The van der Waals surface area contributed by atoms with Gasteiger partial charge in [0.1, 0.15) is 0 Å². The van der Waals surface area contributed by atoms with E-state index in [0.29, 0.717) is 12.0 Å². The number of sulfone groups is 2. The molecule has 0 saturated heterocycles. The fraction of sp³-hybridized carbons (Fsp3) is 0.350. The molecule has 9 heteroatoms. The molecule has 0 amide bonds. The number of benzene rings is 2. The molecule has 1 atom stereocenters. The number of carboxylic acid groups (broad SMARTS) is 1. The van der Waals surface area contributed by atoms with Crippen molar-refractivity contribution in [2.75, 3.05) is 17.8 Å². The zero-order valence-electron chi connectivity index (χ0n) is 16.0.